The Morgan fingerprint density at radius 3 is 2.62 bits per heavy atom. The van der Waals surface area contributed by atoms with Crippen molar-refractivity contribution in [1.82, 2.24) is 24.6 Å². The van der Waals surface area contributed by atoms with Crippen LogP contribution >= 0.6 is 0 Å². The van der Waals surface area contributed by atoms with Gasteiger partial charge in [-0.05, 0) is 44.4 Å². The van der Waals surface area contributed by atoms with Gasteiger partial charge < -0.3 is 10.4 Å². The molecule has 1 fully saturated rings. The van der Waals surface area contributed by atoms with E-state index < -0.39 is 23.3 Å². The van der Waals surface area contributed by atoms with Gasteiger partial charge in [0.15, 0.2) is 0 Å². The number of nitrogens with one attached hydrogen (secondary N) is 1. The van der Waals surface area contributed by atoms with Crippen molar-refractivity contribution in [2.75, 3.05) is 18.4 Å². The van der Waals surface area contributed by atoms with Gasteiger partial charge in [0.05, 0.1) is 6.54 Å². The Morgan fingerprint density at radius 2 is 2.00 bits per heavy atom. The number of aromatic nitrogens is 4. The Hall–Kier alpha value is -2.91. The largest absolute Gasteiger partial charge is 0.381 e. The summed E-state index contributed by atoms with van der Waals surface area (Å²) >= 11 is 0. The van der Waals surface area contributed by atoms with Crippen LogP contribution in [0.1, 0.15) is 30.9 Å². The van der Waals surface area contributed by atoms with E-state index in [0.717, 1.165) is 30.3 Å². The lowest BCUT2D eigenvalue weighted by Gasteiger charge is -2.44. The van der Waals surface area contributed by atoms with Crippen molar-refractivity contribution in [3.63, 3.8) is 0 Å². The van der Waals surface area contributed by atoms with Gasteiger partial charge in [0.1, 0.15) is 35.7 Å². The fourth-order valence-electron chi connectivity index (χ4n) is 4.34. The second-order valence-electron chi connectivity index (χ2n) is 8.49. The van der Waals surface area contributed by atoms with Crippen LogP contribution < -0.4 is 5.32 Å². The zero-order chi connectivity index (χ0) is 22.7. The molecule has 3 aromatic rings. The van der Waals surface area contributed by atoms with Gasteiger partial charge in [-0.3, -0.25) is 4.90 Å². The highest BCUT2D eigenvalue weighted by Gasteiger charge is 2.42. The fraction of sp³-hybridized carbons (Fsp3) is 0.435. The molecule has 3 heterocycles. The van der Waals surface area contributed by atoms with Gasteiger partial charge in [0.2, 0.25) is 0 Å². The summed E-state index contributed by atoms with van der Waals surface area (Å²) in [5.74, 6) is -0.613. The number of halogens is 2. The van der Waals surface area contributed by atoms with E-state index in [1.54, 1.807) is 0 Å². The molecule has 2 aromatic heterocycles. The maximum Gasteiger partial charge on any atom is 0.137 e. The molecule has 1 aromatic carbocycles. The third-order valence-electron chi connectivity index (χ3n) is 6.30. The lowest BCUT2D eigenvalue weighted by Crippen LogP contribution is -2.55. The van der Waals surface area contributed by atoms with Crippen LogP contribution in [-0.4, -0.2) is 54.9 Å². The number of hydrogen-bond acceptors (Lipinski definition) is 6. The Bertz CT molecular complexity index is 1020. The molecule has 0 spiro atoms. The number of pyridine rings is 1. The third-order valence-corrected chi connectivity index (χ3v) is 6.30. The van der Waals surface area contributed by atoms with Crippen LogP contribution in [0.3, 0.4) is 0 Å². The number of rotatable bonds is 7. The number of benzene rings is 1. The quantitative estimate of drug-likeness (QED) is 0.585. The minimum Gasteiger partial charge on any atom is -0.381 e. The van der Waals surface area contributed by atoms with Crippen molar-refractivity contribution in [3.05, 3.63) is 71.9 Å². The average Bonchev–Trinajstić information content (AvgIpc) is 3.28. The van der Waals surface area contributed by atoms with E-state index in [1.165, 1.54) is 29.5 Å². The predicted molar refractivity (Wildman–Crippen MR) is 117 cm³/mol. The number of nitrogens with zero attached hydrogens (tertiary/aromatic N) is 5. The third kappa shape index (κ3) is 4.78. The zero-order valence-corrected chi connectivity index (χ0v) is 18.2. The van der Waals surface area contributed by atoms with E-state index >= 15 is 0 Å². The van der Waals surface area contributed by atoms with Gasteiger partial charge in [0, 0.05) is 43.0 Å². The SMILES string of the molecule is Cc1ccc(NC2CCN([C@H](C)[C@](O)(Cn3cncn3)c3ccc(F)cc3F)CC2)nc1. The Balaban J connectivity index is 1.50. The Morgan fingerprint density at radius 1 is 1.22 bits per heavy atom. The molecule has 32 heavy (non-hydrogen) atoms. The van der Waals surface area contributed by atoms with Crippen LogP contribution in [-0.2, 0) is 12.1 Å². The molecule has 1 aliphatic heterocycles. The van der Waals surface area contributed by atoms with E-state index in [2.05, 4.69) is 25.3 Å². The molecule has 0 unspecified atom stereocenters. The fourth-order valence-corrected chi connectivity index (χ4v) is 4.34. The molecule has 0 saturated carbocycles. The molecule has 7 nitrogen and oxygen atoms in total. The maximum absolute atomic E-state index is 14.8. The molecule has 2 N–H and O–H groups in total. The topological polar surface area (TPSA) is 79.1 Å². The highest BCUT2D eigenvalue weighted by molar-refractivity contribution is 5.36. The van der Waals surface area contributed by atoms with Crippen molar-refractivity contribution in [1.29, 1.82) is 0 Å². The van der Waals surface area contributed by atoms with Gasteiger partial charge in [-0.15, -0.1) is 0 Å². The minimum atomic E-state index is -1.62. The molecule has 0 aliphatic carbocycles. The molecule has 1 saturated heterocycles. The van der Waals surface area contributed by atoms with Gasteiger partial charge in [-0.1, -0.05) is 12.1 Å². The van der Waals surface area contributed by atoms with Crippen LogP contribution in [0.2, 0.25) is 0 Å². The number of aryl methyl sites for hydroxylation is 1. The van der Waals surface area contributed by atoms with Crippen LogP contribution in [0.15, 0.2) is 49.2 Å². The average molecular weight is 443 g/mol. The smallest absolute Gasteiger partial charge is 0.137 e. The minimum absolute atomic E-state index is 0.00217. The summed E-state index contributed by atoms with van der Waals surface area (Å²) in [6.07, 6.45) is 6.38. The summed E-state index contributed by atoms with van der Waals surface area (Å²) < 4.78 is 29.8. The second kappa shape index (κ2) is 9.30. The van der Waals surface area contributed by atoms with Crippen LogP contribution in [0.4, 0.5) is 14.6 Å². The van der Waals surface area contributed by atoms with Gasteiger partial charge in [-0.2, -0.15) is 5.10 Å². The van der Waals surface area contributed by atoms with Crippen LogP contribution in [0, 0.1) is 18.6 Å². The molecule has 170 valence electrons. The Kier molecular flexibility index (Phi) is 6.48. The first-order valence-electron chi connectivity index (χ1n) is 10.8. The summed E-state index contributed by atoms with van der Waals surface area (Å²) in [6, 6.07) is 7.10. The molecular weight excluding hydrogens is 414 g/mol. The van der Waals surface area contributed by atoms with Crippen molar-refractivity contribution in [3.8, 4) is 0 Å². The summed E-state index contributed by atoms with van der Waals surface area (Å²) in [4.78, 5) is 10.5. The first-order valence-corrected chi connectivity index (χ1v) is 10.8. The van der Waals surface area contributed by atoms with Crippen molar-refractivity contribution in [2.24, 2.45) is 0 Å². The summed E-state index contributed by atoms with van der Waals surface area (Å²) in [7, 11) is 0. The summed E-state index contributed by atoms with van der Waals surface area (Å²) in [5, 5.41) is 19.3. The van der Waals surface area contributed by atoms with Gasteiger partial charge in [-0.25, -0.2) is 23.4 Å². The predicted octanol–water partition coefficient (Wildman–Crippen LogP) is 3.11. The molecule has 1 aliphatic rings. The standard InChI is InChI=1S/C23H28F2N6O/c1-16-3-6-22(27-12-16)29-19-7-9-30(10-8-19)17(2)23(32,13-31-15-26-14-28-31)20-5-4-18(24)11-21(20)25/h3-6,11-12,14-15,17,19,32H,7-10,13H2,1-2H3,(H,27,29)/t17-,23-/m1/s1. The van der Waals surface area contributed by atoms with Crippen LogP contribution in [0.5, 0.6) is 0 Å². The lowest BCUT2D eigenvalue weighted by atomic mass is 9.84. The van der Waals surface area contributed by atoms with E-state index in [0.29, 0.717) is 13.1 Å². The summed E-state index contributed by atoms with van der Waals surface area (Å²) in [5.41, 5.74) is -0.463. The lowest BCUT2D eigenvalue weighted by molar-refractivity contribution is -0.0686. The molecule has 9 heteroatoms. The van der Waals surface area contributed by atoms with Gasteiger partial charge in [0.25, 0.3) is 0 Å². The molecule has 4 rings (SSSR count). The van der Waals surface area contributed by atoms with E-state index in [1.807, 2.05) is 32.2 Å². The Labute approximate surface area is 186 Å². The molecule has 0 radical (unpaired) electrons. The second-order valence-corrected chi connectivity index (χ2v) is 8.49. The number of piperidine rings is 1. The van der Waals surface area contributed by atoms with Gasteiger partial charge >= 0.3 is 0 Å². The first kappa shape index (κ1) is 22.3. The first-order chi connectivity index (χ1) is 15.3. The highest BCUT2D eigenvalue weighted by Crippen LogP contribution is 2.34. The van der Waals surface area contributed by atoms with E-state index in [-0.39, 0.29) is 18.2 Å². The van der Waals surface area contributed by atoms with E-state index in [9.17, 15) is 13.9 Å². The molecule has 0 amide bonds. The maximum atomic E-state index is 14.8. The molecule has 0 bridgehead atoms. The number of hydrogen-bond donors (Lipinski definition) is 2. The van der Waals surface area contributed by atoms with Crippen molar-refractivity contribution < 1.29 is 13.9 Å². The highest BCUT2D eigenvalue weighted by atomic mass is 19.1. The van der Waals surface area contributed by atoms with E-state index in [4.69, 9.17) is 0 Å². The van der Waals surface area contributed by atoms with Crippen molar-refractivity contribution >= 4 is 5.82 Å². The number of anilines is 1. The monoisotopic (exact) mass is 442 g/mol. The molecular formula is C23H28F2N6O. The molecule has 2 atom stereocenters. The zero-order valence-electron chi connectivity index (χ0n) is 18.2. The summed E-state index contributed by atoms with van der Waals surface area (Å²) in [6.45, 7) is 5.30. The number of aliphatic hydroxyl groups is 1. The normalized spacial score (nSPS) is 18.3. The van der Waals surface area contributed by atoms with Crippen LogP contribution in [0.25, 0.3) is 0 Å². The van der Waals surface area contributed by atoms with Crippen molar-refractivity contribution in [2.45, 2.75) is 50.9 Å². The number of likely N-dealkylation sites (tertiary alicyclic amines) is 1.